The number of benzene rings is 2. The first-order chi connectivity index (χ1) is 13.1. The zero-order valence-corrected chi connectivity index (χ0v) is 15.4. The number of nitrogens with zero attached hydrogens (tertiary/aromatic N) is 2. The molecule has 0 saturated carbocycles. The lowest BCUT2D eigenvalue weighted by molar-refractivity contribution is -0.133. The number of hydrogen-bond donors (Lipinski definition) is 2. The minimum absolute atomic E-state index is 0.0550. The number of urea groups is 1. The van der Waals surface area contributed by atoms with Gasteiger partial charge in [0.05, 0.1) is 6.04 Å². The Morgan fingerprint density at radius 2 is 1.41 bits per heavy atom. The van der Waals surface area contributed by atoms with E-state index in [0.29, 0.717) is 13.1 Å². The Bertz CT molecular complexity index is 704. The Kier molecular flexibility index (Phi) is 6.44. The highest BCUT2D eigenvalue weighted by Crippen LogP contribution is 2.29. The highest BCUT2D eigenvalue weighted by Gasteiger charge is 2.27. The minimum atomic E-state index is -0.596. The molecule has 1 fully saturated rings. The molecular weight excluding hydrogens is 340 g/mol. The highest BCUT2D eigenvalue weighted by atomic mass is 16.2. The van der Waals surface area contributed by atoms with Crippen LogP contribution in [0.4, 0.5) is 4.79 Å². The molecule has 0 aromatic heterocycles. The van der Waals surface area contributed by atoms with Gasteiger partial charge < -0.3 is 16.0 Å². The van der Waals surface area contributed by atoms with Crippen molar-refractivity contribution in [2.75, 3.05) is 32.7 Å². The Labute approximate surface area is 159 Å². The molecule has 142 valence electrons. The summed E-state index contributed by atoms with van der Waals surface area (Å²) in [6, 6.07) is 20.5. The van der Waals surface area contributed by atoms with Crippen LogP contribution in [0.3, 0.4) is 0 Å². The number of nitrogens with one attached hydrogen (secondary N) is 1. The van der Waals surface area contributed by atoms with Crippen LogP contribution in [0, 0.1) is 0 Å². The van der Waals surface area contributed by atoms with E-state index in [9.17, 15) is 9.59 Å². The van der Waals surface area contributed by atoms with Crippen molar-refractivity contribution in [1.82, 2.24) is 15.1 Å². The van der Waals surface area contributed by atoms with Gasteiger partial charge in [0.15, 0.2) is 0 Å². The zero-order valence-electron chi connectivity index (χ0n) is 15.4. The normalized spacial score (nSPS) is 14.9. The molecule has 1 aliphatic heterocycles. The van der Waals surface area contributed by atoms with Gasteiger partial charge in [0, 0.05) is 39.1 Å². The monoisotopic (exact) mass is 366 g/mol. The third-order valence-corrected chi connectivity index (χ3v) is 4.90. The number of nitrogens with two attached hydrogens (primary N) is 1. The summed E-state index contributed by atoms with van der Waals surface area (Å²) in [6.07, 6.45) is 0.281. The number of primary amides is 1. The van der Waals surface area contributed by atoms with Gasteiger partial charge in [-0.2, -0.15) is 0 Å². The van der Waals surface area contributed by atoms with E-state index in [0.717, 1.165) is 13.1 Å². The molecule has 3 N–H and O–H groups in total. The summed E-state index contributed by atoms with van der Waals surface area (Å²) < 4.78 is 0. The molecule has 6 heteroatoms. The second-order valence-corrected chi connectivity index (χ2v) is 6.68. The van der Waals surface area contributed by atoms with E-state index in [1.54, 1.807) is 0 Å². The summed E-state index contributed by atoms with van der Waals surface area (Å²) in [5, 5.41) is 2.47. The van der Waals surface area contributed by atoms with Crippen LogP contribution in [0.2, 0.25) is 0 Å². The molecule has 0 aliphatic carbocycles. The molecule has 6 nitrogen and oxygen atoms in total. The first-order valence-electron chi connectivity index (χ1n) is 9.30. The van der Waals surface area contributed by atoms with Crippen LogP contribution in [0.5, 0.6) is 0 Å². The van der Waals surface area contributed by atoms with Crippen molar-refractivity contribution in [3.63, 3.8) is 0 Å². The lowest BCUT2D eigenvalue weighted by Crippen LogP contribution is -2.50. The molecular formula is C21H26N4O2. The molecule has 3 rings (SSSR count). The van der Waals surface area contributed by atoms with Gasteiger partial charge in [-0.25, -0.2) is 4.79 Å². The maximum Gasteiger partial charge on any atom is 0.312 e. The van der Waals surface area contributed by atoms with Crippen molar-refractivity contribution in [2.24, 2.45) is 5.73 Å². The van der Waals surface area contributed by atoms with Gasteiger partial charge >= 0.3 is 6.03 Å². The molecule has 0 atom stereocenters. The number of rotatable bonds is 6. The van der Waals surface area contributed by atoms with Gasteiger partial charge in [0.25, 0.3) is 0 Å². The predicted molar refractivity (Wildman–Crippen MR) is 105 cm³/mol. The van der Waals surface area contributed by atoms with Crippen LogP contribution in [0.25, 0.3) is 0 Å². The summed E-state index contributed by atoms with van der Waals surface area (Å²) >= 11 is 0. The number of carbonyl (C=O) groups is 2. The van der Waals surface area contributed by atoms with Crippen LogP contribution in [-0.4, -0.2) is 54.5 Å². The Morgan fingerprint density at radius 3 is 1.89 bits per heavy atom. The van der Waals surface area contributed by atoms with E-state index in [-0.39, 0.29) is 24.9 Å². The summed E-state index contributed by atoms with van der Waals surface area (Å²) in [6.45, 7) is 3.27. The van der Waals surface area contributed by atoms with Crippen LogP contribution >= 0.6 is 0 Å². The van der Waals surface area contributed by atoms with E-state index >= 15 is 0 Å². The molecule has 0 spiro atoms. The molecule has 0 bridgehead atoms. The number of carbonyl (C=O) groups excluding carboxylic acids is 2. The summed E-state index contributed by atoms with van der Waals surface area (Å²) in [4.78, 5) is 27.3. The summed E-state index contributed by atoms with van der Waals surface area (Å²) in [5.74, 6) is 0.0550. The summed E-state index contributed by atoms with van der Waals surface area (Å²) in [7, 11) is 0. The number of amides is 3. The molecule has 1 saturated heterocycles. The van der Waals surface area contributed by atoms with Crippen LogP contribution in [0.1, 0.15) is 23.6 Å². The Balaban J connectivity index is 1.65. The lowest BCUT2D eigenvalue weighted by Gasteiger charge is -2.39. The van der Waals surface area contributed by atoms with Crippen molar-refractivity contribution in [2.45, 2.75) is 12.5 Å². The van der Waals surface area contributed by atoms with Gasteiger partial charge in [-0.05, 0) is 11.1 Å². The topological polar surface area (TPSA) is 78.7 Å². The van der Waals surface area contributed by atoms with Crippen LogP contribution in [0.15, 0.2) is 60.7 Å². The molecule has 1 heterocycles. The SMILES string of the molecule is NC(=O)NCCC(=O)N1CCN(C(c2ccccc2)c2ccccc2)CC1. The van der Waals surface area contributed by atoms with Gasteiger partial charge in [-0.15, -0.1) is 0 Å². The van der Waals surface area contributed by atoms with Crippen molar-refractivity contribution < 1.29 is 9.59 Å². The van der Waals surface area contributed by atoms with Crippen LogP contribution < -0.4 is 11.1 Å². The Hall–Kier alpha value is -2.86. The predicted octanol–water partition coefficient (Wildman–Crippen LogP) is 1.98. The van der Waals surface area contributed by atoms with E-state index in [4.69, 9.17) is 5.73 Å². The molecule has 2 aromatic carbocycles. The fourth-order valence-electron chi connectivity index (χ4n) is 3.57. The second-order valence-electron chi connectivity index (χ2n) is 6.68. The van der Waals surface area contributed by atoms with Crippen molar-refractivity contribution in [1.29, 1.82) is 0 Å². The van der Waals surface area contributed by atoms with Gasteiger partial charge in [0.2, 0.25) is 5.91 Å². The van der Waals surface area contributed by atoms with Gasteiger partial charge in [-0.1, -0.05) is 60.7 Å². The van der Waals surface area contributed by atoms with Crippen molar-refractivity contribution >= 4 is 11.9 Å². The second kappa shape index (κ2) is 9.19. The summed E-state index contributed by atoms with van der Waals surface area (Å²) in [5.41, 5.74) is 7.55. The average Bonchev–Trinajstić information content (AvgIpc) is 2.70. The largest absolute Gasteiger partial charge is 0.352 e. The highest BCUT2D eigenvalue weighted by molar-refractivity contribution is 5.77. The molecule has 1 aliphatic rings. The lowest BCUT2D eigenvalue weighted by atomic mass is 9.96. The van der Waals surface area contributed by atoms with Crippen LogP contribution in [-0.2, 0) is 4.79 Å². The average molecular weight is 366 g/mol. The smallest absolute Gasteiger partial charge is 0.312 e. The number of piperazine rings is 1. The maximum absolute atomic E-state index is 12.3. The Morgan fingerprint density at radius 1 is 0.889 bits per heavy atom. The van der Waals surface area contributed by atoms with E-state index in [1.165, 1.54) is 11.1 Å². The van der Waals surface area contributed by atoms with Gasteiger partial charge in [-0.3, -0.25) is 9.69 Å². The quantitative estimate of drug-likeness (QED) is 0.820. The molecule has 27 heavy (non-hydrogen) atoms. The molecule has 3 amide bonds. The number of hydrogen-bond acceptors (Lipinski definition) is 3. The van der Waals surface area contributed by atoms with E-state index < -0.39 is 6.03 Å². The first kappa shape index (κ1) is 18.9. The van der Waals surface area contributed by atoms with E-state index in [1.807, 2.05) is 17.0 Å². The first-order valence-corrected chi connectivity index (χ1v) is 9.30. The molecule has 0 radical (unpaired) electrons. The fraction of sp³-hybridized carbons (Fsp3) is 0.333. The fourth-order valence-corrected chi connectivity index (χ4v) is 3.57. The molecule has 2 aromatic rings. The van der Waals surface area contributed by atoms with Crippen molar-refractivity contribution in [3.8, 4) is 0 Å². The zero-order chi connectivity index (χ0) is 19.1. The van der Waals surface area contributed by atoms with E-state index in [2.05, 4.69) is 58.7 Å². The third-order valence-electron chi connectivity index (χ3n) is 4.90. The van der Waals surface area contributed by atoms with Gasteiger partial charge in [0.1, 0.15) is 0 Å². The van der Waals surface area contributed by atoms with Crippen molar-refractivity contribution in [3.05, 3.63) is 71.8 Å². The maximum atomic E-state index is 12.3. The molecule has 0 unspecified atom stereocenters. The standard InChI is InChI=1S/C21H26N4O2/c22-21(27)23-12-11-19(26)24-13-15-25(16-14-24)20(17-7-3-1-4-8-17)18-9-5-2-6-10-18/h1-10,20H,11-16H2,(H3,22,23,27). The minimum Gasteiger partial charge on any atom is -0.352 e. The third kappa shape index (κ3) is 5.08.